The summed E-state index contributed by atoms with van der Waals surface area (Å²) in [5.41, 5.74) is 0. The number of carbonyl (C=O) groups is 1. The molecule has 0 atom stereocenters. The summed E-state index contributed by atoms with van der Waals surface area (Å²) in [6, 6.07) is 15.8. The van der Waals surface area contributed by atoms with Gasteiger partial charge in [0.1, 0.15) is 0 Å². The van der Waals surface area contributed by atoms with Crippen LogP contribution in [0.3, 0.4) is 0 Å². The highest BCUT2D eigenvalue weighted by atomic mass is 16.5. The maximum atomic E-state index is 10.2. The van der Waals surface area contributed by atoms with Crippen LogP contribution in [0.1, 0.15) is 6.92 Å². The van der Waals surface area contributed by atoms with Gasteiger partial charge in [-0.15, -0.1) is 0 Å². The monoisotopic (exact) mass is 284 g/mol. The van der Waals surface area contributed by atoms with Crippen LogP contribution in [-0.2, 0) is 4.79 Å². The first-order valence-corrected chi connectivity index (χ1v) is 6.41. The molecular weight excluding hydrogens is 268 g/mol. The van der Waals surface area contributed by atoms with Gasteiger partial charge in [0, 0.05) is 12.3 Å². The van der Waals surface area contributed by atoms with E-state index in [-0.39, 0.29) is 5.75 Å². The quantitative estimate of drug-likeness (QED) is 0.667. The largest absolute Gasteiger partial charge is 0.504 e. The first-order chi connectivity index (χ1) is 10.0. The van der Waals surface area contributed by atoms with Gasteiger partial charge in [-0.25, -0.2) is 0 Å². The summed E-state index contributed by atoms with van der Waals surface area (Å²) in [5, 5.41) is 21.7. The number of phenolic OH excluding ortho intramolecular Hbond substituents is 1. The number of carboxylic acid groups (broad SMARTS) is 1. The molecule has 0 heterocycles. The minimum absolute atomic E-state index is 0.210. The van der Waals surface area contributed by atoms with Crippen LogP contribution in [0, 0.1) is 0 Å². The average Bonchev–Trinajstić information content (AvgIpc) is 2.46. The van der Waals surface area contributed by atoms with E-state index >= 15 is 0 Å². The third-order valence-electron chi connectivity index (χ3n) is 3.07. The molecule has 4 nitrogen and oxygen atoms in total. The van der Waals surface area contributed by atoms with Crippen molar-refractivity contribution < 1.29 is 19.7 Å². The molecule has 0 radical (unpaired) electrons. The number of phenols is 1. The smallest absolute Gasteiger partial charge is 0.300 e. The molecule has 0 bridgehead atoms. The maximum absolute atomic E-state index is 10.2. The molecule has 2 N–H and O–H groups in total. The van der Waals surface area contributed by atoms with Crippen molar-refractivity contribution in [3.63, 3.8) is 0 Å². The van der Waals surface area contributed by atoms with Crippen molar-refractivity contribution in [1.82, 2.24) is 0 Å². The molecule has 21 heavy (non-hydrogen) atoms. The highest BCUT2D eigenvalue weighted by molar-refractivity contribution is 6.11. The Bertz CT molecular complexity index is 789. The van der Waals surface area contributed by atoms with E-state index in [9.17, 15) is 5.11 Å². The summed E-state index contributed by atoms with van der Waals surface area (Å²) >= 11 is 0. The molecule has 3 aromatic carbocycles. The van der Waals surface area contributed by atoms with E-state index < -0.39 is 5.97 Å². The number of hydrogen-bond acceptors (Lipinski definition) is 3. The Kier molecular flexibility index (Phi) is 4.28. The second kappa shape index (κ2) is 6.13. The average molecular weight is 284 g/mol. The molecule has 108 valence electrons. The molecule has 4 heteroatoms. The van der Waals surface area contributed by atoms with Crippen molar-refractivity contribution in [3.05, 3.63) is 48.5 Å². The minimum atomic E-state index is -0.833. The fourth-order valence-corrected chi connectivity index (χ4v) is 2.22. The highest BCUT2D eigenvalue weighted by Gasteiger charge is 2.09. The number of fused-ring (bicyclic) bond motifs is 3. The van der Waals surface area contributed by atoms with Crippen molar-refractivity contribution >= 4 is 27.5 Å². The summed E-state index contributed by atoms with van der Waals surface area (Å²) in [5.74, 6) is -0.115. The standard InChI is InChI=1S/C15H12O2.C2H4O2/c1-17-13-9-8-11-7-6-10-4-2-3-5-12(10)14(11)15(13)16;1-2(3)4/h2-9,16H,1H3;1H3,(H,3,4). The Balaban J connectivity index is 0.000000361. The predicted molar refractivity (Wildman–Crippen MR) is 83.0 cm³/mol. The van der Waals surface area contributed by atoms with Gasteiger partial charge in [-0.05, 0) is 22.2 Å². The SMILES string of the molecule is CC(=O)O.COc1ccc2ccc3ccccc3c2c1O. The van der Waals surface area contributed by atoms with Crippen LogP contribution in [0.5, 0.6) is 11.5 Å². The second-order valence-electron chi connectivity index (χ2n) is 4.52. The van der Waals surface area contributed by atoms with Crippen LogP contribution in [0.15, 0.2) is 48.5 Å². The third kappa shape index (κ3) is 3.05. The number of ether oxygens (including phenoxy) is 1. The van der Waals surface area contributed by atoms with Gasteiger partial charge in [0.05, 0.1) is 7.11 Å². The van der Waals surface area contributed by atoms with Crippen molar-refractivity contribution in [2.24, 2.45) is 0 Å². The first kappa shape index (κ1) is 14.7. The van der Waals surface area contributed by atoms with Gasteiger partial charge in [0.25, 0.3) is 5.97 Å². The summed E-state index contributed by atoms with van der Waals surface area (Å²) in [6.07, 6.45) is 0. The normalized spacial score (nSPS) is 10.0. The van der Waals surface area contributed by atoms with E-state index in [2.05, 4.69) is 6.07 Å². The van der Waals surface area contributed by atoms with Crippen LogP contribution in [-0.4, -0.2) is 23.3 Å². The number of carboxylic acids is 1. The van der Waals surface area contributed by atoms with E-state index in [4.69, 9.17) is 14.6 Å². The van der Waals surface area contributed by atoms with Gasteiger partial charge in [0.2, 0.25) is 0 Å². The Hall–Kier alpha value is -2.75. The molecular formula is C17H16O4. The number of aliphatic carboxylic acids is 1. The molecule has 0 aliphatic rings. The van der Waals surface area contributed by atoms with Crippen molar-refractivity contribution in [2.75, 3.05) is 7.11 Å². The molecule has 0 aliphatic heterocycles. The number of methoxy groups -OCH3 is 1. The number of aromatic hydroxyl groups is 1. The predicted octanol–water partition coefficient (Wildman–Crippen LogP) is 3.80. The number of benzene rings is 3. The lowest BCUT2D eigenvalue weighted by atomic mass is 10.0. The summed E-state index contributed by atoms with van der Waals surface area (Å²) in [4.78, 5) is 9.00. The summed E-state index contributed by atoms with van der Waals surface area (Å²) < 4.78 is 5.15. The zero-order valence-corrected chi connectivity index (χ0v) is 11.8. The Morgan fingerprint density at radius 2 is 1.57 bits per heavy atom. The van der Waals surface area contributed by atoms with Crippen molar-refractivity contribution in [2.45, 2.75) is 6.92 Å². The summed E-state index contributed by atoms with van der Waals surface area (Å²) in [6.45, 7) is 1.08. The molecule has 0 unspecified atom stereocenters. The molecule has 0 amide bonds. The molecule has 0 aliphatic carbocycles. The van der Waals surface area contributed by atoms with Crippen LogP contribution in [0.4, 0.5) is 0 Å². The van der Waals surface area contributed by atoms with E-state index in [0.29, 0.717) is 5.75 Å². The fraction of sp³-hybridized carbons (Fsp3) is 0.118. The van der Waals surface area contributed by atoms with Crippen LogP contribution in [0.2, 0.25) is 0 Å². The highest BCUT2D eigenvalue weighted by Crippen LogP contribution is 2.38. The topological polar surface area (TPSA) is 66.8 Å². The van der Waals surface area contributed by atoms with Crippen LogP contribution in [0.25, 0.3) is 21.5 Å². The van der Waals surface area contributed by atoms with Gasteiger partial charge >= 0.3 is 0 Å². The maximum Gasteiger partial charge on any atom is 0.300 e. The molecule has 3 rings (SSSR count). The van der Waals surface area contributed by atoms with Gasteiger partial charge in [-0.2, -0.15) is 0 Å². The Labute approximate surface area is 122 Å². The van der Waals surface area contributed by atoms with Gasteiger partial charge < -0.3 is 14.9 Å². The number of hydrogen-bond donors (Lipinski definition) is 2. The van der Waals surface area contributed by atoms with Gasteiger partial charge in [-0.1, -0.05) is 42.5 Å². The van der Waals surface area contributed by atoms with E-state index in [1.807, 2.05) is 36.4 Å². The van der Waals surface area contributed by atoms with E-state index in [1.54, 1.807) is 13.2 Å². The zero-order valence-electron chi connectivity index (χ0n) is 11.8. The van der Waals surface area contributed by atoms with Crippen LogP contribution < -0.4 is 4.74 Å². The molecule has 0 spiro atoms. The van der Waals surface area contributed by atoms with Gasteiger partial charge in [-0.3, -0.25) is 4.79 Å². The third-order valence-corrected chi connectivity index (χ3v) is 3.07. The van der Waals surface area contributed by atoms with Crippen molar-refractivity contribution in [3.8, 4) is 11.5 Å². The lowest BCUT2D eigenvalue weighted by molar-refractivity contribution is -0.134. The molecule has 0 fully saturated rings. The Morgan fingerprint density at radius 3 is 2.24 bits per heavy atom. The molecule has 0 saturated heterocycles. The van der Waals surface area contributed by atoms with Gasteiger partial charge in [0.15, 0.2) is 11.5 Å². The van der Waals surface area contributed by atoms with Crippen LogP contribution >= 0.6 is 0 Å². The molecule has 0 saturated carbocycles. The lowest BCUT2D eigenvalue weighted by Crippen LogP contribution is -1.85. The van der Waals surface area contributed by atoms with E-state index in [0.717, 1.165) is 28.5 Å². The van der Waals surface area contributed by atoms with E-state index in [1.165, 1.54) is 0 Å². The molecule has 0 aromatic heterocycles. The van der Waals surface area contributed by atoms with Crippen molar-refractivity contribution in [1.29, 1.82) is 0 Å². The lowest BCUT2D eigenvalue weighted by Gasteiger charge is -2.09. The minimum Gasteiger partial charge on any atom is -0.504 e. The summed E-state index contributed by atoms with van der Waals surface area (Å²) in [7, 11) is 1.56. The Morgan fingerprint density at radius 1 is 1.00 bits per heavy atom. The first-order valence-electron chi connectivity index (χ1n) is 6.41. The fourth-order valence-electron chi connectivity index (χ4n) is 2.22. The molecule has 3 aromatic rings. The number of rotatable bonds is 1. The zero-order chi connectivity index (χ0) is 15.4. The second-order valence-corrected chi connectivity index (χ2v) is 4.52.